The third-order valence-corrected chi connectivity index (χ3v) is 2.50. The predicted molar refractivity (Wildman–Crippen MR) is 64.5 cm³/mol. The molecule has 2 aromatic rings. The SMILES string of the molecule is NCc1c(N)c(N)nn1Cc1ccccc1. The van der Waals surface area contributed by atoms with Gasteiger partial charge in [-0.2, -0.15) is 5.10 Å². The van der Waals surface area contributed by atoms with Crippen LogP contribution in [0.4, 0.5) is 11.5 Å². The van der Waals surface area contributed by atoms with E-state index in [1.165, 1.54) is 0 Å². The summed E-state index contributed by atoms with van der Waals surface area (Å²) in [4.78, 5) is 0. The smallest absolute Gasteiger partial charge is 0.169 e. The van der Waals surface area contributed by atoms with Gasteiger partial charge in [0.1, 0.15) is 0 Å². The summed E-state index contributed by atoms with van der Waals surface area (Å²) < 4.78 is 1.75. The molecule has 5 heteroatoms. The monoisotopic (exact) mass is 217 g/mol. The van der Waals surface area contributed by atoms with Crippen LogP contribution in [0.1, 0.15) is 11.3 Å². The van der Waals surface area contributed by atoms with E-state index in [0.717, 1.165) is 11.3 Å². The van der Waals surface area contributed by atoms with E-state index < -0.39 is 0 Å². The van der Waals surface area contributed by atoms with Crippen LogP contribution in [0, 0.1) is 0 Å². The van der Waals surface area contributed by atoms with Gasteiger partial charge in [-0.25, -0.2) is 0 Å². The highest BCUT2D eigenvalue weighted by molar-refractivity contribution is 5.61. The average molecular weight is 217 g/mol. The van der Waals surface area contributed by atoms with Crippen LogP contribution in [0.2, 0.25) is 0 Å². The van der Waals surface area contributed by atoms with Gasteiger partial charge in [0.05, 0.1) is 17.9 Å². The Balaban J connectivity index is 2.31. The normalized spacial score (nSPS) is 10.6. The summed E-state index contributed by atoms with van der Waals surface area (Å²) in [5.74, 6) is 0.344. The van der Waals surface area contributed by atoms with Crippen molar-refractivity contribution in [1.29, 1.82) is 0 Å². The summed E-state index contributed by atoms with van der Waals surface area (Å²) >= 11 is 0. The second kappa shape index (κ2) is 4.24. The molecule has 84 valence electrons. The van der Waals surface area contributed by atoms with Crippen molar-refractivity contribution in [3.05, 3.63) is 41.6 Å². The maximum Gasteiger partial charge on any atom is 0.169 e. The lowest BCUT2D eigenvalue weighted by molar-refractivity contribution is 0.649. The van der Waals surface area contributed by atoms with Gasteiger partial charge in [0.2, 0.25) is 0 Å². The zero-order valence-electron chi connectivity index (χ0n) is 8.93. The number of nitrogens with zero attached hydrogens (tertiary/aromatic N) is 2. The largest absolute Gasteiger partial charge is 0.394 e. The number of rotatable bonds is 3. The number of hydrogen-bond donors (Lipinski definition) is 3. The molecule has 0 saturated carbocycles. The molecule has 1 aromatic carbocycles. The number of anilines is 2. The second-order valence-electron chi connectivity index (χ2n) is 3.59. The maximum absolute atomic E-state index is 5.78. The predicted octanol–water partition coefficient (Wildman–Crippen LogP) is 0.554. The van der Waals surface area contributed by atoms with Crippen molar-refractivity contribution in [2.75, 3.05) is 11.5 Å². The van der Waals surface area contributed by atoms with Crippen molar-refractivity contribution >= 4 is 11.5 Å². The van der Waals surface area contributed by atoms with Gasteiger partial charge >= 0.3 is 0 Å². The molecular formula is C11H15N5. The minimum Gasteiger partial charge on any atom is -0.394 e. The fourth-order valence-electron chi connectivity index (χ4n) is 1.63. The first-order valence-electron chi connectivity index (χ1n) is 5.07. The molecule has 0 unspecified atom stereocenters. The lowest BCUT2D eigenvalue weighted by atomic mass is 10.2. The number of aromatic nitrogens is 2. The molecule has 16 heavy (non-hydrogen) atoms. The van der Waals surface area contributed by atoms with E-state index in [0.29, 0.717) is 24.6 Å². The summed E-state index contributed by atoms with van der Waals surface area (Å²) in [7, 11) is 0. The van der Waals surface area contributed by atoms with E-state index in [4.69, 9.17) is 17.2 Å². The topological polar surface area (TPSA) is 95.9 Å². The highest BCUT2D eigenvalue weighted by Crippen LogP contribution is 2.19. The second-order valence-corrected chi connectivity index (χ2v) is 3.59. The molecule has 0 aliphatic carbocycles. The lowest BCUT2D eigenvalue weighted by Crippen LogP contribution is -2.11. The van der Waals surface area contributed by atoms with Crippen LogP contribution >= 0.6 is 0 Å². The molecule has 0 atom stereocenters. The van der Waals surface area contributed by atoms with E-state index in [9.17, 15) is 0 Å². The van der Waals surface area contributed by atoms with E-state index in [1.54, 1.807) is 4.68 Å². The van der Waals surface area contributed by atoms with E-state index in [-0.39, 0.29) is 0 Å². The van der Waals surface area contributed by atoms with Gasteiger partial charge < -0.3 is 17.2 Å². The van der Waals surface area contributed by atoms with Crippen molar-refractivity contribution in [3.63, 3.8) is 0 Å². The first-order chi connectivity index (χ1) is 7.72. The lowest BCUT2D eigenvalue weighted by Gasteiger charge is -2.05. The maximum atomic E-state index is 5.78. The van der Waals surface area contributed by atoms with Crippen LogP contribution in [-0.4, -0.2) is 9.78 Å². The number of benzene rings is 1. The standard InChI is InChI=1S/C11H15N5/c12-6-9-10(13)11(14)15-16(9)7-8-4-2-1-3-5-8/h1-5H,6-7,12-13H2,(H2,14,15). The number of hydrogen-bond acceptors (Lipinski definition) is 4. The van der Waals surface area contributed by atoms with Crippen LogP contribution in [0.15, 0.2) is 30.3 Å². The summed E-state index contributed by atoms with van der Waals surface area (Å²) in [6.45, 7) is 0.970. The Morgan fingerprint density at radius 1 is 1.12 bits per heavy atom. The Hall–Kier alpha value is -2.01. The van der Waals surface area contributed by atoms with Crippen LogP contribution in [0.3, 0.4) is 0 Å². The Labute approximate surface area is 93.8 Å². The molecule has 2 rings (SSSR count). The van der Waals surface area contributed by atoms with Crippen LogP contribution < -0.4 is 17.2 Å². The minimum absolute atomic E-state index is 0.336. The van der Waals surface area contributed by atoms with E-state index in [1.807, 2.05) is 30.3 Å². The molecule has 0 fully saturated rings. The zero-order chi connectivity index (χ0) is 11.5. The van der Waals surface area contributed by atoms with Gasteiger partial charge in [-0.15, -0.1) is 0 Å². The Morgan fingerprint density at radius 3 is 2.44 bits per heavy atom. The molecule has 0 saturated heterocycles. The Morgan fingerprint density at radius 2 is 1.81 bits per heavy atom. The number of nitrogen functional groups attached to an aromatic ring is 2. The molecule has 0 spiro atoms. The summed E-state index contributed by atoms with van der Waals surface area (Å²) in [5, 5.41) is 4.17. The average Bonchev–Trinajstić information content (AvgIpc) is 2.56. The van der Waals surface area contributed by atoms with Crippen LogP contribution in [0.5, 0.6) is 0 Å². The van der Waals surface area contributed by atoms with Crippen LogP contribution in [0.25, 0.3) is 0 Å². The molecule has 6 N–H and O–H groups in total. The van der Waals surface area contributed by atoms with Crippen LogP contribution in [-0.2, 0) is 13.1 Å². The Kier molecular flexibility index (Phi) is 2.78. The zero-order valence-corrected chi connectivity index (χ0v) is 8.93. The van der Waals surface area contributed by atoms with Gasteiger partial charge in [-0.1, -0.05) is 30.3 Å². The highest BCUT2D eigenvalue weighted by atomic mass is 15.3. The van der Waals surface area contributed by atoms with Crippen molar-refractivity contribution in [3.8, 4) is 0 Å². The molecule has 0 bridgehead atoms. The summed E-state index contributed by atoms with van der Waals surface area (Å²) in [6.07, 6.45) is 0. The van der Waals surface area contributed by atoms with E-state index in [2.05, 4.69) is 5.10 Å². The van der Waals surface area contributed by atoms with Gasteiger partial charge in [0.15, 0.2) is 5.82 Å². The molecule has 0 aliphatic heterocycles. The quantitative estimate of drug-likeness (QED) is 0.699. The van der Waals surface area contributed by atoms with Gasteiger partial charge in [-0.05, 0) is 5.56 Å². The third kappa shape index (κ3) is 1.85. The summed E-state index contributed by atoms with van der Waals surface area (Å²) in [5.41, 5.74) is 19.5. The summed E-state index contributed by atoms with van der Waals surface area (Å²) in [6, 6.07) is 9.98. The third-order valence-electron chi connectivity index (χ3n) is 2.50. The Bertz CT molecular complexity index is 475. The molecule has 1 heterocycles. The van der Waals surface area contributed by atoms with E-state index >= 15 is 0 Å². The number of nitrogens with two attached hydrogens (primary N) is 3. The fraction of sp³-hybridized carbons (Fsp3) is 0.182. The van der Waals surface area contributed by atoms with Crippen molar-refractivity contribution in [2.45, 2.75) is 13.1 Å². The molecule has 5 nitrogen and oxygen atoms in total. The van der Waals surface area contributed by atoms with Crippen molar-refractivity contribution in [1.82, 2.24) is 9.78 Å². The minimum atomic E-state index is 0.336. The molecule has 0 radical (unpaired) electrons. The van der Waals surface area contributed by atoms with Gasteiger partial charge in [0, 0.05) is 6.54 Å². The molecule has 0 amide bonds. The molecular weight excluding hydrogens is 202 g/mol. The highest BCUT2D eigenvalue weighted by Gasteiger charge is 2.11. The molecule has 0 aliphatic rings. The van der Waals surface area contributed by atoms with Crippen molar-refractivity contribution < 1.29 is 0 Å². The first kappa shape index (κ1) is 10.5. The van der Waals surface area contributed by atoms with Crippen molar-refractivity contribution in [2.24, 2.45) is 5.73 Å². The van der Waals surface area contributed by atoms with Gasteiger partial charge in [-0.3, -0.25) is 4.68 Å². The van der Waals surface area contributed by atoms with Gasteiger partial charge in [0.25, 0.3) is 0 Å². The first-order valence-corrected chi connectivity index (χ1v) is 5.07. The molecule has 1 aromatic heterocycles. The fourth-order valence-corrected chi connectivity index (χ4v) is 1.63.